The largest absolute Gasteiger partial charge is 0.456 e. The van der Waals surface area contributed by atoms with E-state index in [0.29, 0.717) is 0 Å². The number of hydrogen-bond acceptors (Lipinski definition) is 14. The summed E-state index contributed by atoms with van der Waals surface area (Å²) >= 11 is 0. The van der Waals surface area contributed by atoms with E-state index in [4.69, 9.17) is 14.2 Å². The number of nitro groups is 1. The Labute approximate surface area is 422 Å². The number of nitrogens with zero attached hydrogens (tertiary/aromatic N) is 1. The van der Waals surface area contributed by atoms with Crippen molar-refractivity contribution >= 4 is 29.3 Å². The predicted molar refractivity (Wildman–Crippen MR) is 205 cm³/mol. The Balaban J connectivity index is 0.00000352. The summed E-state index contributed by atoms with van der Waals surface area (Å²) in [4.78, 5) is 66.9. The van der Waals surface area contributed by atoms with E-state index in [1.165, 1.54) is 64.1 Å². The molecule has 0 aromatic heterocycles. The van der Waals surface area contributed by atoms with Crippen molar-refractivity contribution < 1.29 is 152 Å². The number of benzene rings is 3. The molecule has 11 atom stereocenters. The third-order valence-corrected chi connectivity index (χ3v) is 13.2. The van der Waals surface area contributed by atoms with Crippen LogP contribution in [0.5, 0.6) is 0 Å². The summed E-state index contributed by atoms with van der Waals surface area (Å²) in [5, 5.41) is 74.9. The number of Topliss-reactive ketones (excluding diaryl/α,β-unsaturated/α-hetero) is 1. The number of amides is 1. The van der Waals surface area contributed by atoms with Crippen LogP contribution >= 0.6 is 0 Å². The van der Waals surface area contributed by atoms with Gasteiger partial charge in [0, 0.05) is 130 Å². The van der Waals surface area contributed by atoms with Gasteiger partial charge in [-0.15, -0.1) is 0 Å². The Hall–Kier alpha value is -2.48. The van der Waals surface area contributed by atoms with Crippen LogP contribution in [-0.4, -0.2) is 109 Å². The third kappa shape index (κ3) is 8.37. The SMILES string of the molecule is CC1=C2C(O)C(=O)[C@]3(C)C(O)CC4OCC4(O)C3C(OC(=O)c3ccccc3)C(O)(CC1OC(=O)C(O)C(NC(=O)c1ccccc1)c1ccc([N+](=O)[O-])cc1)C2(C)C.[Ac].[Ac]. The van der Waals surface area contributed by atoms with Crippen LogP contribution in [0.15, 0.2) is 96.1 Å². The summed E-state index contributed by atoms with van der Waals surface area (Å²) in [5.41, 5.74) is -7.91. The number of non-ortho nitro benzene ring substituents is 1. The molecule has 61 heavy (non-hydrogen) atoms. The molecule has 3 aromatic rings. The topological polar surface area (TPSA) is 252 Å². The molecule has 1 saturated heterocycles. The van der Waals surface area contributed by atoms with Gasteiger partial charge in [-0.3, -0.25) is 19.7 Å². The molecule has 6 N–H and O–H groups in total. The minimum Gasteiger partial charge on any atom is -0.456 e. The second-order valence-corrected chi connectivity index (χ2v) is 16.6. The van der Waals surface area contributed by atoms with Gasteiger partial charge in [0.2, 0.25) is 0 Å². The minimum atomic E-state index is -2.37. The Morgan fingerprint density at radius 1 is 0.902 bits per heavy atom. The molecule has 2 saturated carbocycles. The normalized spacial score (nSPS) is 32.0. The van der Waals surface area contributed by atoms with Crippen LogP contribution in [-0.2, 0) is 23.8 Å². The van der Waals surface area contributed by atoms with Crippen LogP contribution in [0.1, 0.15) is 72.9 Å². The fraction of sp³-hybridized carbons (Fsp3) is 0.442. The van der Waals surface area contributed by atoms with E-state index >= 15 is 0 Å². The second kappa shape index (κ2) is 18.6. The van der Waals surface area contributed by atoms with Gasteiger partial charge in [0.15, 0.2) is 11.9 Å². The molecule has 18 heteroatoms. The first-order valence-corrected chi connectivity index (χ1v) is 19.2. The summed E-state index contributed by atoms with van der Waals surface area (Å²) < 4.78 is 17.8. The molecule has 3 aliphatic carbocycles. The first-order chi connectivity index (χ1) is 27.8. The molecule has 16 nitrogen and oxygen atoms in total. The number of aliphatic hydroxyl groups excluding tert-OH is 3. The molecular weight excluding hydrogens is 1220 g/mol. The van der Waals surface area contributed by atoms with Gasteiger partial charge in [-0.05, 0) is 54.8 Å². The van der Waals surface area contributed by atoms with Crippen LogP contribution in [0, 0.1) is 115 Å². The molecule has 318 valence electrons. The first-order valence-electron chi connectivity index (χ1n) is 19.2. The van der Waals surface area contributed by atoms with Crippen LogP contribution in [0.3, 0.4) is 0 Å². The maximum atomic E-state index is 14.7. The van der Waals surface area contributed by atoms with E-state index < -0.39 is 106 Å². The monoisotopic (exact) mass is 1270 g/mol. The zero-order valence-electron chi connectivity index (χ0n) is 33.8. The Kier molecular flexibility index (Phi) is 15.1. The molecule has 1 aliphatic heterocycles. The van der Waals surface area contributed by atoms with Crippen LogP contribution in [0.2, 0.25) is 0 Å². The fourth-order valence-corrected chi connectivity index (χ4v) is 9.68. The minimum absolute atomic E-state index is 0. The van der Waals surface area contributed by atoms with Gasteiger partial charge in [-0.2, -0.15) is 0 Å². The van der Waals surface area contributed by atoms with Crippen molar-refractivity contribution in [2.75, 3.05) is 6.61 Å². The van der Waals surface area contributed by atoms with Crippen molar-refractivity contribution in [3.8, 4) is 0 Å². The molecule has 3 aromatic carbocycles. The van der Waals surface area contributed by atoms with Crippen molar-refractivity contribution in [3.05, 3.63) is 123 Å². The summed E-state index contributed by atoms with van der Waals surface area (Å²) in [7, 11) is 0. The molecule has 2 radical (unpaired) electrons. The van der Waals surface area contributed by atoms with Crippen molar-refractivity contribution in [1.82, 2.24) is 5.32 Å². The van der Waals surface area contributed by atoms with Crippen LogP contribution in [0.25, 0.3) is 0 Å². The van der Waals surface area contributed by atoms with E-state index in [1.807, 2.05) is 0 Å². The summed E-state index contributed by atoms with van der Waals surface area (Å²) in [6.07, 6.45) is -10.9. The number of ether oxygens (including phenoxy) is 3. The van der Waals surface area contributed by atoms with Crippen LogP contribution in [0.4, 0.5) is 5.69 Å². The molecule has 1 amide bonds. The van der Waals surface area contributed by atoms with Gasteiger partial charge in [0.25, 0.3) is 11.6 Å². The van der Waals surface area contributed by atoms with E-state index in [-0.39, 0.29) is 135 Å². The Bertz CT molecular complexity index is 2210. The number of nitro benzene ring substituents is 1. The Morgan fingerprint density at radius 2 is 1.48 bits per heavy atom. The molecule has 3 fully saturated rings. The van der Waals surface area contributed by atoms with Crippen molar-refractivity contribution in [2.45, 2.75) is 94.4 Å². The van der Waals surface area contributed by atoms with E-state index in [9.17, 15) is 54.8 Å². The molecule has 10 unspecified atom stereocenters. The smallest absolute Gasteiger partial charge is 0.338 e. The molecule has 7 rings (SSSR count). The van der Waals surface area contributed by atoms with Gasteiger partial charge < -0.3 is 45.1 Å². The van der Waals surface area contributed by atoms with Gasteiger partial charge in [-0.25, -0.2) is 9.59 Å². The van der Waals surface area contributed by atoms with Gasteiger partial charge in [0.05, 0.1) is 40.8 Å². The molecule has 0 spiro atoms. The average Bonchev–Trinajstić information content (AvgIpc) is 3.21. The molecule has 4 aliphatic rings. The number of ketones is 1. The van der Waals surface area contributed by atoms with Crippen molar-refractivity contribution in [1.29, 1.82) is 0 Å². The maximum absolute atomic E-state index is 14.7. The number of carbonyl (C=O) groups excluding carboxylic acids is 4. The van der Waals surface area contributed by atoms with Crippen molar-refractivity contribution in [2.24, 2.45) is 16.7 Å². The number of esters is 2. The average molecular weight is 1270 g/mol. The third-order valence-electron chi connectivity index (χ3n) is 13.2. The number of nitrogens with one attached hydrogen (secondary N) is 1. The predicted octanol–water partition coefficient (Wildman–Crippen LogP) is 2.50. The summed E-state index contributed by atoms with van der Waals surface area (Å²) in [5.74, 6) is -5.47. The Morgan fingerprint density at radius 3 is 2.02 bits per heavy atom. The molecular formula is C43H46Ac2N2O14. The van der Waals surface area contributed by atoms with E-state index in [0.717, 1.165) is 12.1 Å². The molecule has 1 heterocycles. The fourth-order valence-electron chi connectivity index (χ4n) is 9.68. The zero-order valence-corrected chi connectivity index (χ0v) is 43.3. The van der Waals surface area contributed by atoms with Gasteiger partial charge in [0.1, 0.15) is 29.5 Å². The number of aliphatic hydroxyl groups is 5. The quantitative estimate of drug-likeness (QED) is 0.0780. The number of hydrogen-bond donors (Lipinski definition) is 6. The zero-order chi connectivity index (χ0) is 42.8. The standard InChI is InChI=1S/C43H46N2O14.2Ac/c1-22-27(58-39(52)33(48)31(23-15-17-26(18-16-23)45(55)56)44-37(50)24-11-7-5-8-12-24)20-43(54)36(59-38(51)25-13-9-6-10-14-25)34-41(4,28(46)19-29-42(34,53)21-57-29)35(49)32(47)30(22)40(43,2)3;;/h5-18,27-29,31-34,36,46-48,53-54H,19-21H2,1-4H3,(H,44,50);;/t27?,28?,29?,31?,32?,33?,34?,36?,41-,42?,43?;;/m1../s1. The second-order valence-electron chi connectivity index (χ2n) is 16.6. The van der Waals surface area contributed by atoms with E-state index in [2.05, 4.69) is 5.32 Å². The van der Waals surface area contributed by atoms with Gasteiger partial charge >= 0.3 is 11.9 Å². The van der Waals surface area contributed by atoms with E-state index in [1.54, 1.807) is 36.4 Å². The number of rotatable bonds is 9. The van der Waals surface area contributed by atoms with Crippen LogP contribution < -0.4 is 5.32 Å². The number of fused-ring (bicyclic) bond motifs is 5. The summed E-state index contributed by atoms with van der Waals surface area (Å²) in [6, 6.07) is 18.9. The maximum Gasteiger partial charge on any atom is 0.338 e. The van der Waals surface area contributed by atoms with Crippen molar-refractivity contribution in [3.63, 3.8) is 0 Å². The summed E-state index contributed by atoms with van der Waals surface area (Å²) in [6.45, 7) is 5.50. The number of carbonyl (C=O) groups is 4. The molecule has 2 bridgehead atoms. The van der Waals surface area contributed by atoms with Gasteiger partial charge in [-0.1, -0.05) is 62.4 Å². The first kappa shape index (κ1) is 49.5.